The standard InChI is InChI=1S/C20H16ClF3N4O3/c1-11(29)25-13-6-7-15(21)16(9-13)26-19(30)18-17(31-2)10-28(27-18)14-5-3-4-12(8-14)20(22,23)24/h3-10H,1-2H3,(H,25,29)(H,26,30). The number of anilines is 2. The maximum absolute atomic E-state index is 13.0. The molecule has 0 fully saturated rings. The van der Waals surface area contributed by atoms with Crippen LogP contribution in [-0.4, -0.2) is 28.7 Å². The van der Waals surface area contributed by atoms with Crippen molar-refractivity contribution in [1.82, 2.24) is 9.78 Å². The van der Waals surface area contributed by atoms with E-state index in [0.29, 0.717) is 5.69 Å². The molecular formula is C20H16ClF3N4O3. The predicted molar refractivity (Wildman–Crippen MR) is 109 cm³/mol. The molecule has 1 heterocycles. The van der Waals surface area contributed by atoms with Gasteiger partial charge in [-0.25, -0.2) is 4.68 Å². The minimum Gasteiger partial charge on any atom is -0.493 e. The molecule has 2 aromatic carbocycles. The van der Waals surface area contributed by atoms with Crippen LogP contribution in [0.1, 0.15) is 23.0 Å². The fraction of sp³-hybridized carbons (Fsp3) is 0.150. The van der Waals surface area contributed by atoms with Crippen molar-refractivity contribution in [2.24, 2.45) is 0 Å². The van der Waals surface area contributed by atoms with Gasteiger partial charge in [0.05, 0.1) is 35.3 Å². The SMILES string of the molecule is COc1cn(-c2cccc(C(F)(F)F)c2)nc1C(=O)Nc1cc(NC(C)=O)ccc1Cl. The third-order valence-corrected chi connectivity index (χ3v) is 4.42. The molecule has 0 saturated heterocycles. The molecule has 3 aromatic rings. The van der Waals surface area contributed by atoms with E-state index >= 15 is 0 Å². The molecule has 11 heteroatoms. The van der Waals surface area contributed by atoms with Gasteiger partial charge in [0.25, 0.3) is 5.91 Å². The average molecular weight is 453 g/mol. The zero-order valence-electron chi connectivity index (χ0n) is 16.2. The van der Waals surface area contributed by atoms with Gasteiger partial charge in [-0.1, -0.05) is 17.7 Å². The molecule has 0 radical (unpaired) electrons. The molecule has 162 valence electrons. The number of halogens is 4. The van der Waals surface area contributed by atoms with Crippen molar-refractivity contribution in [2.45, 2.75) is 13.1 Å². The Morgan fingerprint density at radius 3 is 2.52 bits per heavy atom. The molecule has 0 bridgehead atoms. The Morgan fingerprint density at radius 2 is 1.87 bits per heavy atom. The lowest BCUT2D eigenvalue weighted by Gasteiger charge is -2.10. The highest BCUT2D eigenvalue weighted by atomic mass is 35.5. The third-order valence-electron chi connectivity index (χ3n) is 4.09. The van der Waals surface area contributed by atoms with Crippen molar-refractivity contribution < 1.29 is 27.5 Å². The minimum atomic E-state index is -4.52. The summed E-state index contributed by atoms with van der Waals surface area (Å²) in [6.45, 7) is 1.33. The number of nitrogens with zero attached hydrogens (tertiary/aromatic N) is 2. The van der Waals surface area contributed by atoms with E-state index in [2.05, 4.69) is 15.7 Å². The van der Waals surface area contributed by atoms with Gasteiger partial charge in [-0.05, 0) is 36.4 Å². The van der Waals surface area contributed by atoms with Crippen LogP contribution >= 0.6 is 11.6 Å². The molecule has 31 heavy (non-hydrogen) atoms. The first-order valence-corrected chi connectivity index (χ1v) is 9.16. The molecule has 0 atom stereocenters. The second-order valence-electron chi connectivity index (χ2n) is 6.37. The first-order valence-electron chi connectivity index (χ1n) is 8.78. The Balaban J connectivity index is 1.92. The van der Waals surface area contributed by atoms with E-state index in [1.165, 1.54) is 44.5 Å². The van der Waals surface area contributed by atoms with Crippen LogP contribution < -0.4 is 15.4 Å². The fourth-order valence-corrected chi connectivity index (χ4v) is 2.87. The number of carbonyl (C=O) groups is 2. The van der Waals surface area contributed by atoms with Gasteiger partial charge in [-0.15, -0.1) is 0 Å². The Kier molecular flexibility index (Phi) is 6.21. The maximum atomic E-state index is 13.0. The molecule has 2 amide bonds. The van der Waals surface area contributed by atoms with Crippen molar-refractivity contribution in [3.05, 3.63) is 64.9 Å². The van der Waals surface area contributed by atoms with Gasteiger partial charge >= 0.3 is 6.18 Å². The largest absolute Gasteiger partial charge is 0.493 e. The molecule has 0 spiro atoms. The summed E-state index contributed by atoms with van der Waals surface area (Å²) < 4.78 is 45.3. The zero-order valence-corrected chi connectivity index (χ0v) is 17.0. The van der Waals surface area contributed by atoms with Crippen molar-refractivity contribution >= 4 is 34.8 Å². The number of benzene rings is 2. The van der Waals surface area contributed by atoms with E-state index in [9.17, 15) is 22.8 Å². The smallest absolute Gasteiger partial charge is 0.416 e. The topological polar surface area (TPSA) is 85.2 Å². The molecule has 0 saturated carbocycles. The molecule has 0 aliphatic rings. The number of hydrogen-bond acceptors (Lipinski definition) is 4. The fourth-order valence-electron chi connectivity index (χ4n) is 2.71. The van der Waals surface area contributed by atoms with Gasteiger partial charge in [0, 0.05) is 12.6 Å². The number of ether oxygens (including phenoxy) is 1. The summed E-state index contributed by atoms with van der Waals surface area (Å²) in [6.07, 6.45) is -3.23. The minimum absolute atomic E-state index is 0.0454. The Bertz CT molecular complexity index is 1140. The molecule has 0 aliphatic heterocycles. The van der Waals surface area contributed by atoms with E-state index in [1.807, 2.05) is 0 Å². The highest BCUT2D eigenvalue weighted by Gasteiger charge is 2.30. The number of amides is 2. The number of alkyl halides is 3. The van der Waals surface area contributed by atoms with Crippen LogP contribution in [0.3, 0.4) is 0 Å². The average Bonchev–Trinajstić information content (AvgIpc) is 3.14. The summed E-state index contributed by atoms with van der Waals surface area (Å²) in [6, 6.07) is 8.99. The first-order chi connectivity index (χ1) is 14.6. The summed E-state index contributed by atoms with van der Waals surface area (Å²) in [5, 5.41) is 9.40. The summed E-state index contributed by atoms with van der Waals surface area (Å²) >= 11 is 6.11. The monoisotopic (exact) mass is 452 g/mol. The lowest BCUT2D eigenvalue weighted by Crippen LogP contribution is -2.15. The molecule has 0 unspecified atom stereocenters. The number of hydrogen-bond donors (Lipinski definition) is 2. The molecule has 2 N–H and O–H groups in total. The maximum Gasteiger partial charge on any atom is 0.416 e. The van der Waals surface area contributed by atoms with Gasteiger partial charge in [-0.2, -0.15) is 18.3 Å². The molecular weight excluding hydrogens is 437 g/mol. The van der Waals surface area contributed by atoms with E-state index in [4.69, 9.17) is 16.3 Å². The molecule has 1 aromatic heterocycles. The Labute approximate surface area is 179 Å². The van der Waals surface area contributed by atoms with Gasteiger partial charge in [0.15, 0.2) is 11.4 Å². The van der Waals surface area contributed by atoms with E-state index in [1.54, 1.807) is 6.07 Å². The first kappa shape index (κ1) is 22.2. The van der Waals surface area contributed by atoms with Crippen LogP contribution in [0.2, 0.25) is 5.02 Å². The molecule has 0 aliphatic carbocycles. The van der Waals surface area contributed by atoms with Crippen LogP contribution in [-0.2, 0) is 11.0 Å². The zero-order chi connectivity index (χ0) is 22.8. The molecule has 7 nitrogen and oxygen atoms in total. The van der Waals surface area contributed by atoms with E-state index in [0.717, 1.165) is 16.8 Å². The van der Waals surface area contributed by atoms with Crippen molar-refractivity contribution in [3.8, 4) is 11.4 Å². The number of nitrogens with one attached hydrogen (secondary N) is 2. The van der Waals surface area contributed by atoms with Gasteiger partial charge in [-0.3, -0.25) is 9.59 Å². The summed E-state index contributed by atoms with van der Waals surface area (Å²) in [4.78, 5) is 24.0. The summed E-state index contributed by atoms with van der Waals surface area (Å²) in [5.74, 6) is -0.963. The third kappa shape index (κ3) is 5.15. The predicted octanol–water partition coefficient (Wildman–Crippen LogP) is 4.76. The summed E-state index contributed by atoms with van der Waals surface area (Å²) in [5.41, 5.74) is -0.312. The number of methoxy groups -OCH3 is 1. The number of carbonyl (C=O) groups excluding carboxylic acids is 2. The second-order valence-corrected chi connectivity index (χ2v) is 6.78. The van der Waals surface area contributed by atoms with Gasteiger partial charge in [0.1, 0.15) is 0 Å². The van der Waals surface area contributed by atoms with Crippen LogP contribution in [0.5, 0.6) is 5.75 Å². The van der Waals surface area contributed by atoms with Crippen LogP contribution in [0.15, 0.2) is 48.7 Å². The lowest BCUT2D eigenvalue weighted by atomic mass is 10.2. The van der Waals surface area contributed by atoms with Gasteiger partial charge < -0.3 is 15.4 Å². The number of aromatic nitrogens is 2. The van der Waals surface area contributed by atoms with Crippen LogP contribution in [0, 0.1) is 0 Å². The highest BCUT2D eigenvalue weighted by Crippen LogP contribution is 2.31. The highest BCUT2D eigenvalue weighted by molar-refractivity contribution is 6.34. The van der Waals surface area contributed by atoms with E-state index < -0.39 is 17.6 Å². The van der Waals surface area contributed by atoms with Gasteiger partial charge in [0.2, 0.25) is 5.91 Å². The van der Waals surface area contributed by atoms with Crippen LogP contribution in [0.4, 0.5) is 24.5 Å². The quantitative estimate of drug-likeness (QED) is 0.584. The number of rotatable bonds is 5. The van der Waals surface area contributed by atoms with Crippen molar-refractivity contribution in [3.63, 3.8) is 0 Å². The second kappa shape index (κ2) is 8.68. The van der Waals surface area contributed by atoms with E-state index in [-0.39, 0.29) is 33.7 Å². The Hall–Kier alpha value is -3.53. The van der Waals surface area contributed by atoms with Crippen molar-refractivity contribution in [1.29, 1.82) is 0 Å². The summed E-state index contributed by atoms with van der Waals surface area (Å²) in [7, 11) is 1.30. The lowest BCUT2D eigenvalue weighted by molar-refractivity contribution is -0.137. The Morgan fingerprint density at radius 1 is 1.13 bits per heavy atom. The van der Waals surface area contributed by atoms with Crippen LogP contribution in [0.25, 0.3) is 5.69 Å². The van der Waals surface area contributed by atoms with Crippen molar-refractivity contribution in [2.75, 3.05) is 17.7 Å². The molecule has 3 rings (SSSR count). The normalized spacial score (nSPS) is 11.2.